The van der Waals surface area contributed by atoms with Crippen molar-refractivity contribution < 1.29 is 19.4 Å². The van der Waals surface area contributed by atoms with E-state index in [0.29, 0.717) is 25.8 Å². The fourth-order valence-electron chi connectivity index (χ4n) is 1.12. The molecule has 0 spiro atoms. The second-order valence-electron chi connectivity index (χ2n) is 4.87. The molecule has 0 bridgehead atoms. The number of aliphatic carboxylic acids is 1. The Balaban J connectivity index is 0. The van der Waals surface area contributed by atoms with Gasteiger partial charge in [0.05, 0.1) is 0 Å². The first-order valence-corrected chi connectivity index (χ1v) is 5.67. The van der Waals surface area contributed by atoms with Gasteiger partial charge in [-0.25, -0.2) is 4.79 Å². The molecule has 4 N–H and O–H groups in total. The van der Waals surface area contributed by atoms with Gasteiger partial charge in [-0.15, -0.1) is 12.4 Å². The van der Waals surface area contributed by atoms with Gasteiger partial charge in [-0.1, -0.05) is 0 Å². The molecule has 1 amide bonds. The Morgan fingerprint density at radius 2 is 1.89 bits per heavy atom. The topological polar surface area (TPSA) is 102 Å². The van der Waals surface area contributed by atoms with Gasteiger partial charge in [-0.3, -0.25) is 4.79 Å². The van der Waals surface area contributed by atoms with Crippen molar-refractivity contribution in [2.45, 2.75) is 51.7 Å². The van der Waals surface area contributed by atoms with Crippen LogP contribution in [-0.4, -0.2) is 35.4 Å². The van der Waals surface area contributed by atoms with Crippen molar-refractivity contribution in [2.24, 2.45) is 5.73 Å². The lowest BCUT2D eigenvalue weighted by Gasteiger charge is -2.19. The fraction of sp³-hybridized carbons (Fsp3) is 0.818. The molecule has 1 atom stereocenters. The lowest BCUT2D eigenvalue weighted by atomic mass is 10.1. The highest BCUT2D eigenvalue weighted by Crippen LogP contribution is 2.06. The normalized spacial score (nSPS) is 12.2. The van der Waals surface area contributed by atoms with Gasteiger partial charge in [0.15, 0.2) is 0 Å². The van der Waals surface area contributed by atoms with E-state index in [1.54, 1.807) is 20.8 Å². The number of unbranched alkanes of at least 4 members (excludes halogenated alkanes) is 1. The Kier molecular flexibility index (Phi) is 9.66. The van der Waals surface area contributed by atoms with Crippen LogP contribution >= 0.6 is 12.4 Å². The van der Waals surface area contributed by atoms with E-state index in [0.717, 1.165) is 0 Å². The smallest absolute Gasteiger partial charge is 0.407 e. The number of nitrogens with one attached hydrogen (secondary N) is 1. The van der Waals surface area contributed by atoms with Crippen LogP contribution in [0, 0.1) is 0 Å². The first kappa shape index (κ1) is 19.3. The van der Waals surface area contributed by atoms with Crippen LogP contribution in [0.5, 0.6) is 0 Å². The number of hydrogen-bond acceptors (Lipinski definition) is 4. The fourth-order valence-corrected chi connectivity index (χ4v) is 1.12. The summed E-state index contributed by atoms with van der Waals surface area (Å²) in [5.41, 5.74) is 4.83. The van der Waals surface area contributed by atoms with Gasteiger partial charge >= 0.3 is 12.1 Å². The van der Waals surface area contributed by atoms with Crippen LogP contribution in [-0.2, 0) is 9.53 Å². The molecular formula is C11H23ClN2O4. The average Bonchev–Trinajstić information content (AvgIpc) is 2.13. The van der Waals surface area contributed by atoms with Crippen molar-refractivity contribution in [3.05, 3.63) is 0 Å². The van der Waals surface area contributed by atoms with Crippen molar-refractivity contribution in [1.29, 1.82) is 0 Å². The monoisotopic (exact) mass is 282 g/mol. The predicted molar refractivity (Wildman–Crippen MR) is 70.9 cm³/mol. The van der Waals surface area contributed by atoms with E-state index in [9.17, 15) is 9.59 Å². The molecule has 108 valence electrons. The Morgan fingerprint density at radius 1 is 1.33 bits per heavy atom. The summed E-state index contributed by atoms with van der Waals surface area (Å²) in [6.07, 6.45) is 1.29. The Hall–Kier alpha value is -1.01. The number of carboxylic acid groups (broad SMARTS) is 1. The number of carbonyl (C=O) groups is 2. The van der Waals surface area contributed by atoms with Gasteiger partial charge in [-0.05, 0) is 40.0 Å². The van der Waals surface area contributed by atoms with Gasteiger partial charge in [0.1, 0.15) is 11.6 Å². The largest absolute Gasteiger partial charge is 0.480 e. The van der Waals surface area contributed by atoms with Crippen LogP contribution in [0.4, 0.5) is 4.79 Å². The van der Waals surface area contributed by atoms with Crippen molar-refractivity contribution in [3.63, 3.8) is 0 Å². The molecule has 7 heteroatoms. The van der Waals surface area contributed by atoms with Gasteiger partial charge in [0.2, 0.25) is 0 Å². The van der Waals surface area contributed by atoms with Crippen LogP contribution in [0.3, 0.4) is 0 Å². The van der Waals surface area contributed by atoms with E-state index in [1.165, 1.54) is 0 Å². The summed E-state index contributed by atoms with van der Waals surface area (Å²) >= 11 is 0. The molecule has 0 heterocycles. The highest BCUT2D eigenvalue weighted by molar-refractivity contribution is 5.85. The maximum atomic E-state index is 11.2. The lowest BCUT2D eigenvalue weighted by Crippen LogP contribution is -2.33. The second-order valence-corrected chi connectivity index (χ2v) is 4.87. The standard InChI is InChI=1S/C11H22N2O4.ClH/c1-11(2,3)17-10(16)13-7-5-4-6-8(12)9(14)15;/h8H,4-7,12H2,1-3H3,(H,13,16)(H,14,15);1H. The molecule has 0 aliphatic rings. The Bertz CT molecular complexity index is 266. The van der Waals surface area contributed by atoms with Crippen LogP contribution < -0.4 is 11.1 Å². The molecule has 0 aliphatic heterocycles. The van der Waals surface area contributed by atoms with Crippen molar-refractivity contribution in [1.82, 2.24) is 5.32 Å². The van der Waals surface area contributed by atoms with Gasteiger partial charge in [-0.2, -0.15) is 0 Å². The second kappa shape index (κ2) is 8.99. The van der Waals surface area contributed by atoms with Gasteiger partial charge in [0, 0.05) is 6.54 Å². The number of nitrogens with two attached hydrogens (primary N) is 1. The summed E-state index contributed by atoms with van der Waals surface area (Å²) in [7, 11) is 0. The molecular weight excluding hydrogens is 260 g/mol. The summed E-state index contributed by atoms with van der Waals surface area (Å²) in [5.74, 6) is -0.995. The number of carboxylic acids is 1. The number of alkyl carbamates (subject to hydrolysis) is 1. The molecule has 0 aromatic carbocycles. The first-order valence-electron chi connectivity index (χ1n) is 5.67. The minimum absolute atomic E-state index is 0. The molecule has 0 aliphatic carbocycles. The van der Waals surface area contributed by atoms with E-state index in [2.05, 4.69) is 5.32 Å². The zero-order valence-electron chi connectivity index (χ0n) is 11.1. The molecule has 0 saturated carbocycles. The number of hydrogen-bond donors (Lipinski definition) is 3. The minimum Gasteiger partial charge on any atom is -0.480 e. The SMILES string of the molecule is CC(C)(C)OC(=O)NCCCCC(N)C(=O)O.Cl. The molecule has 0 rings (SSSR count). The third-order valence-electron chi connectivity index (χ3n) is 1.93. The molecule has 0 fully saturated rings. The average molecular weight is 283 g/mol. The third-order valence-corrected chi connectivity index (χ3v) is 1.93. The van der Waals surface area contributed by atoms with Crippen LogP contribution in [0.2, 0.25) is 0 Å². The molecule has 0 saturated heterocycles. The van der Waals surface area contributed by atoms with E-state index < -0.39 is 23.7 Å². The Labute approximate surface area is 114 Å². The summed E-state index contributed by atoms with van der Waals surface area (Å²) < 4.78 is 5.03. The van der Waals surface area contributed by atoms with Crippen LogP contribution in [0.25, 0.3) is 0 Å². The third kappa shape index (κ3) is 11.5. The zero-order chi connectivity index (χ0) is 13.5. The number of ether oxygens (including phenoxy) is 1. The lowest BCUT2D eigenvalue weighted by molar-refractivity contribution is -0.138. The molecule has 0 aromatic heterocycles. The van der Waals surface area contributed by atoms with Crippen molar-refractivity contribution in [3.8, 4) is 0 Å². The van der Waals surface area contributed by atoms with E-state index in [1.807, 2.05) is 0 Å². The van der Waals surface area contributed by atoms with Crippen LogP contribution in [0.1, 0.15) is 40.0 Å². The van der Waals surface area contributed by atoms with Gasteiger partial charge in [0.25, 0.3) is 0 Å². The maximum Gasteiger partial charge on any atom is 0.407 e. The summed E-state index contributed by atoms with van der Waals surface area (Å²) in [6, 6.07) is -0.823. The summed E-state index contributed by atoms with van der Waals surface area (Å²) in [5, 5.41) is 11.1. The van der Waals surface area contributed by atoms with E-state index >= 15 is 0 Å². The van der Waals surface area contributed by atoms with Crippen molar-refractivity contribution >= 4 is 24.5 Å². The molecule has 0 radical (unpaired) electrons. The molecule has 18 heavy (non-hydrogen) atoms. The van der Waals surface area contributed by atoms with Crippen LogP contribution in [0.15, 0.2) is 0 Å². The number of amides is 1. The maximum absolute atomic E-state index is 11.2. The minimum atomic E-state index is -0.995. The molecule has 1 unspecified atom stereocenters. The summed E-state index contributed by atoms with van der Waals surface area (Å²) in [4.78, 5) is 21.6. The van der Waals surface area contributed by atoms with E-state index in [4.69, 9.17) is 15.6 Å². The van der Waals surface area contributed by atoms with E-state index in [-0.39, 0.29) is 12.4 Å². The summed E-state index contributed by atoms with van der Waals surface area (Å²) in [6.45, 7) is 5.83. The number of carbonyl (C=O) groups excluding carboxylic acids is 1. The first-order chi connectivity index (χ1) is 7.72. The molecule has 6 nitrogen and oxygen atoms in total. The van der Waals surface area contributed by atoms with Gasteiger partial charge < -0.3 is 20.9 Å². The Morgan fingerprint density at radius 3 is 2.33 bits per heavy atom. The highest BCUT2D eigenvalue weighted by Gasteiger charge is 2.15. The predicted octanol–water partition coefficient (Wildman–Crippen LogP) is 1.52. The highest BCUT2D eigenvalue weighted by atomic mass is 35.5. The molecule has 0 aromatic rings. The zero-order valence-corrected chi connectivity index (χ0v) is 11.9. The number of halogens is 1. The quantitative estimate of drug-likeness (QED) is 0.641. The van der Waals surface area contributed by atoms with Crippen molar-refractivity contribution in [2.75, 3.05) is 6.54 Å². The number of rotatable bonds is 6.